The number of nitrogens with one attached hydrogen (secondary N) is 2. The van der Waals surface area contributed by atoms with Crippen LogP contribution in [0, 0.1) is 5.92 Å². The Morgan fingerprint density at radius 1 is 1.23 bits per heavy atom. The molecule has 156 valence electrons. The quantitative estimate of drug-likeness (QED) is 0.658. The van der Waals surface area contributed by atoms with Gasteiger partial charge in [-0.25, -0.2) is 4.98 Å². The molecule has 2 N–H and O–H groups in total. The molecule has 0 radical (unpaired) electrons. The van der Waals surface area contributed by atoms with Crippen LogP contribution in [0.1, 0.15) is 23.2 Å². The van der Waals surface area contributed by atoms with E-state index in [1.54, 1.807) is 13.3 Å². The van der Waals surface area contributed by atoms with E-state index in [2.05, 4.69) is 26.3 Å². The van der Waals surface area contributed by atoms with E-state index >= 15 is 0 Å². The van der Waals surface area contributed by atoms with Crippen LogP contribution in [0.4, 0.5) is 11.5 Å². The molecule has 1 saturated carbocycles. The highest BCUT2D eigenvalue weighted by Gasteiger charge is 2.26. The number of hydrogen-bond acceptors (Lipinski definition) is 5. The molecule has 1 aromatic carbocycles. The second-order valence-corrected chi connectivity index (χ2v) is 8.09. The van der Waals surface area contributed by atoms with E-state index in [9.17, 15) is 4.79 Å². The molecule has 1 saturated heterocycles. The van der Waals surface area contributed by atoms with Gasteiger partial charge < -0.3 is 24.8 Å². The van der Waals surface area contributed by atoms with Gasteiger partial charge in [-0.2, -0.15) is 0 Å². The number of methoxy groups -OCH3 is 1. The number of aromatic nitrogens is 2. The van der Waals surface area contributed by atoms with Gasteiger partial charge >= 0.3 is 0 Å². The van der Waals surface area contributed by atoms with Crippen molar-refractivity contribution < 1.29 is 9.53 Å². The number of hydrogen-bond donors (Lipinski definition) is 2. The van der Waals surface area contributed by atoms with Crippen LogP contribution in [0.15, 0.2) is 42.7 Å². The molecule has 0 bridgehead atoms. The summed E-state index contributed by atoms with van der Waals surface area (Å²) in [5, 5.41) is 4.46. The lowest BCUT2D eigenvalue weighted by Gasteiger charge is -2.36. The number of nitrogens with zero attached hydrogens (tertiary/aromatic N) is 3. The number of fused-ring (bicyclic) bond motifs is 1. The Bertz CT molecular complexity index is 1050. The van der Waals surface area contributed by atoms with Crippen LogP contribution < -0.4 is 15.0 Å². The van der Waals surface area contributed by atoms with Gasteiger partial charge in [0.2, 0.25) is 0 Å². The number of aromatic amines is 1. The number of anilines is 2. The highest BCUT2D eigenvalue weighted by molar-refractivity contribution is 6.07. The third kappa shape index (κ3) is 3.67. The van der Waals surface area contributed by atoms with Crippen molar-refractivity contribution in [3.05, 3.63) is 48.3 Å². The molecule has 5 rings (SSSR count). The minimum Gasteiger partial charge on any atom is -0.497 e. The molecule has 2 aliphatic rings. The first kappa shape index (κ1) is 18.8. The fourth-order valence-corrected chi connectivity index (χ4v) is 4.06. The molecule has 1 aliphatic carbocycles. The first-order valence-electron chi connectivity index (χ1n) is 10.6. The number of pyridine rings is 1. The normalized spacial score (nSPS) is 16.7. The molecule has 0 unspecified atom stereocenters. The van der Waals surface area contributed by atoms with Gasteiger partial charge in [0, 0.05) is 56.0 Å². The second-order valence-electron chi connectivity index (χ2n) is 8.09. The SMILES string of the molecule is COc1ccc2[nH]cc(C(=O)N3CCN(c4ncccc4NCC4CC4)CC3)c2c1. The lowest BCUT2D eigenvalue weighted by Crippen LogP contribution is -2.49. The molecular formula is C23H27N5O2. The van der Waals surface area contributed by atoms with E-state index in [-0.39, 0.29) is 5.91 Å². The molecule has 3 aromatic rings. The highest BCUT2D eigenvalue weighted by Crippen LogP contribution is 2.31. The molecule has 2 fully saturated rings. The Balaban J connectivity index is 1.28. The largest absolute Gasteiger partial charge is 0.497 e. The molecule has 1 amide bonds. The third-order valence-electron chi connectivity index (χ3n) is 6.05. The molecule has 1 aliphatic heterocycles. The van der Waals surface area contributed by atoms with Crippen LogP contribution in [0.5, 0.6) is 5.75 Å². The predicted octanol–water partition coefficient (Wildman–Crippen LogP) is 3.36. The Labute approximate surface area is 176 Å². The number of rotatable bonds is 6. The van der Waals surface area contributed by atoms with E-state index in [1.807, 2.05) is 35.4 Å². The van der Waals surface area contributed by atoms with Crippen molar-refractivity contribution >= 4 is 28.3 Å². The van der Waals surface area contributed by atoms with Crippen molar-refractivity contribution in [1.29, 1.82) is 0 Å². The summed E-state index contributed by atoms with van der Waals surface area (Å²) in [7, 11) is 1.64. The van der Waals surface area contributed by atoms with Gasteiger partial charge in [0.15, 0.2) is 5.82 Å². The van der Waals surface area contributed by atoms with E-state index in [0.29, 0.717) is 18.7 Å². The molecular weight excluding hydrogens is 378 g/mol. The van der Waals surface area contributed by atoms with Crippen molar-refractivity contribution in [3.63, 3.8) is 0 Å². The molecule has 2 aromatic heterocycles. The number of ether oxygens (including phenoxy) is 1. The van der Waals surface area contributed by atoms with E-state index < -0.39 is 0 Å². The monoisotopic (exact) mass is 405 g/mol. The summed E-state index contributed by atoms with van der Waals surface area (Å²) in [6, 6.07) is 9.83. The van der Waals surface area contributed by atoms with Crippen molar-refractivity contribution in [3.8, 4) is 5.75 Å². The van der Waals surface area contributed by atoms with E-state index in [0.717, 1.165) is 53.7 Å². The Kier molecular flexibility index (Phi) is 4.94. The average molecular weight is 406 g/mol. The number of benzene rings is 1. The molecule has 0 spiro atoms. The van der Waals surface area contributed by atoms with Gasteiger partial charge in [-0.1, -0.05) is 0 Å². The Morgan fingerprint density at radius 2 is 2.07 bits per heavy atom. The van der Waals surface area contributed by atoms with E-state index in [1.165, 1.54) is 12.8 Å². The van der Waals surface area contributed by atoms with Crippen LogP contribution in [0.25, 0.3) is 10.9 Å². The van der Waals surface area contributed by atoms with Crippen LogP contribution in [-0.4, -0.2) is 60.6 Å². The lowest BCUT2D eigenvalue weighted by molar-refractivity contribution is 0.0748. The fraction of sp³-hybridized carbons (Fsp3) is 0.391. The molecule has 3 heterocycles. The van der Waals surface area contributed by atoms with Crippen molar-refractivity contribution in [2.45, 2.75) is 12.8 Å². The van der Waals surface area contributed by atoms with Crippen molar-refractivity contribution in [1.82, 2.24) is 14.9 Å². The van der Waals surface area contributed by atoms with Crippen LogP contribution >= 0.6 is 0 Å². The number of carbonyl (C=O) groups excluding carboxylic acids is 1. The number of piperazine rings is 1. The maximum Gasteiger partial charge on any atom is 0.256 e. The van der Waals surface area contributed by atoms with E-state index in [4.69, 9.17) is 4.74 Å². The lowest BCUT2D eigenvalue weighted by atomic mass is 10.1. The average Bonchev–Trinajstić information content (AvgIpc) is 3.54. The maximum absolute atomic E-state index is 13.2. The molecule has 0 atom stereocenters. The van der Waals surface area contributed by atoms with Gasteiger partial charge in [-0.3, -0.25) is 4.79 Å². The zero-order chi connectivity index (χ0) is 20.5. The maximum atomic E-state index is 13.2. The zero-order valence-electron chi connectivity index (χ0n) is 17.2. The van der Waals surface area contributed by atoms with Gasteiger partial charge in [0.05, 0.1) is 18.4 Å². The Hall–Kier alpha value is -3.22. The van der Waals surface area contributed by atoms with Gasteiger partial charge in [0.1, 0.15) is 5.75 Å². The van der Waals surface area contributed by atoms with Crippen molar-refractivity contribution in [2.24, 2.45) is 5.92 Å². The van der Waals surface area contributed by atoms with Crippen LogP contribution in [-0.2, 0) is 0 Å². The van der Waals surface area contributed by atoms with Gasteiger partial charge in [0.25, 0.3) is 5.91 Å². The highest BCUT2D eigenvalue weighted by atomic mass is 16.5. The summed E-state index contributed by atoms with van der Waals surface area (Å²) in [4.78, 5) is 25.2. The summed E-state index contributed by atoms with van der Waals surface area (Å²) >= 11 is 0. The first-order chi connectivity index (χ1) is 14.7. The summed E-state index contributed by atoms with van der Waals surface area (Å²) < 4.78 is 5.33. The predicted molar refractivity (Wildman–Crippen MR) is 118 cm³/mol. The minimum absolute atomic E-state index is 0.0576. The molecule has 7 nitrogen and oxygen atoms in total. The molecule has 7 heteroatoms. The summed E-state index contributed by atoms with van der Waals surface area (Å²) in [6.07, 6.45) is 6.29. The van der Waals surface area contributed by atoms with Crippen LogP contribution in [0.2, 0.25) is 0 Å². The van der Waals surface area contributed by atoms with Crippen LogP contribution in [0.3, 0.4) is 0 Å². The second kappa shape index (κ2) is 7.89. The fourth-order valence-electron chi connectivity index (χ4n) is 4.06. The first-order valence-corrected chi connectivity index (χ1v) is 10.6. The number of carbonyl (C=O) groups is 1. The van der Waals surface area contributed by atoms with Crippen molar-refractivity contribution in [2.75, 3.05) is 50.1 Å². The number of amides is 1. The summed E-state index contributed by atoms with van der Waals surface area (Å²) in [5.41, 5.74) is 2.73. The summed E-state index contributed by atoms with van der Waals surface area (Å²) in [6.45, 7) is 3.91. The minimum atomic E-state index is 0.0576. The smallest absolute Gasteiger partial charge is 0.256 e. The summed E-state index contributed by atoms with van der Waals surface area (Å²) in [5.74, 6) is 2.61. The topological polar surface area (TPSA) is 73.5 Å². The number of H-pyrrole nitrogens is 1. The Morgan fingerprint density at radius 3 is 2.83 bits per heavy atom. The van der Waals surface area contributed by atoms with Gasteiger partial charge in [-0.15, -0.1) is 0 Å². The zero-order valence-corrected chi connectivity index (χ0v) is 17.2. The standard InChI is InChI=1S/C23H27N5O2/c1-30-17-6-7-20-18(13-17)19(15-26-20)23(29)28-11-9-27(10-12-28)22-21(3-2-8-24-22)25-14-16-4-5-16/h2-3,6-8,13,15-16,25-26H,4-5,9-12,14H2,1H3. The van der Waals surface area contributed by atoms with Gasteiger partial charge in [-0.05, 0) is 49.1 Å². The molecule has 30 heavy (non-hydrogen) atoms. The third-order valence-corrected chi connectivity index (χ3v) is 6.05.